The molecule has 0 fully saturated rings. The number of rotatable bonds is 4. The molecule has 0 bridgehead atoms. The van der Waals surface area contributed by atoms with Gasteiger partial charge in [0.2, 0.25) is 11.8 Å². The van der Waals surface area contributed by atoms with Gasteiger partial charge in [-0.1, -0.05) is 12.2 Å². The lowest BCUT2D eigenvalue weighted by molar-refractivity contribution is -0.116. The van der Waals surface area contributed by atoms with Crippen molar-refractivity contribution in [1.29, 1.82) is 0 Å². The molecule has 1 heterocycles. The lowest BCUT2D eigenvalue weighted by Crippen LogP contribution is -2.00. The highest BCUT2D eigenvalue weighted by molar-refractivity contribution is 7.80. The van der Waals surface area contributed by atoms with E-state index in [-0.39, 0.29) is 22.5 Å². The first kappa shape index (κ1) is 11.5. The topological polar surface area (TPSA) is 82.7 Å². The number of Topliss-reactive ketones (excluding diaryl/α,β-unsaturated/α-hetero) is 1. The highest BCUT2D eigenvalue weighted by Crippen LogP contribution is 2.27. The molecule has 0 amide bonds. The summed E-state index contributed by atoms with van der Waals surface area (Å²) < 4.78 is 0.232. The van der Waals surface area contributed by atoms with Gasteiger partial charge in [-0.15, -0.1) is 4.73 Å². The second-order valence-electron chi connectivity index (χ2n) is 3.18. The normalized spacial score (nSPS) is 10.2. The molecule has 0 spiro atoms. The van der Waals surface area contributed by atoms with Crippen LogP contribution >= 0.6 is 12.2 Å². The van der Waals surface area contributed by atoms with E-state index in [1.54, 1.807) is 0 Å². The van der Waals surface area contributed by atoms with Crippen molar-refractivity contribution in [2.24, 2.45) is 0 Å². The van der Waals surface area contributed by atoms with Gasteiger partial charge in [-0.25, -0.2) is 0 Å². The van der Waals surface area contributed by atoms with E-state index in [0.717, 1.165) is 6.07 Å². The SMILES string of the molecule is CC(=O)CCC(=S)c1cc(O)n(O)c1O. The molecule has 1 rings (SSSR count). The van der Waals surface area contributed by atoms with Crippen LogP contribution in [0.15, 0.2) is 6.07 Å². The summed E-state index contributed by atoms with van der Waals surface area (Å²) in [5.74, 6) is -1.02. The monoisotopic (exact) mass is 229 g/mol. The summed E-state index contributed by atoms with van der Waals surface area (Å²) in [4.78, 5) is 11.0. The molecule has 0 unspecified atom stereocenters. The molecular weight excluding hydrogens is 218 g/mol. The summed E-state index contributed by atoms with van der Waals surface area (Å²) in [6.45, 7) is 1.44. The third kappa shape index (κ3) is 2.47. The van der Waals surface area contributed by atoms with Crippen molar-refractivity contribution in [3.63, 3.8) is 0 Å². The number of aromatic hydroxyl groups is 2. The molecule has 0 aliphatic rings. The number of carbonyl (C=O) groups is 1. The highest BCUT2D eigenvalue weighted by atomic mass is 32.1. The van der Waals surface area contributed by atoms with Gasteiger partial charge in [0.15, 0.2) is 0 Å². The van der Waals surface area contributed by atoms with Gasteiger partial charge in [0.05, 0.1) is 5.56 Å². The zero-order valence-corrected chi connectivity index (χ0v) is 8.91. The van der Waals surface area contributed by atoms with Crippen LogP contribution in [-0.2, 0) is 4.79 Å². The van der Waals surface area contributed by atoms with E-state index in [1.165, 1.54) is 6.92 Å². The molecule has 0 saturated carbocycles. The summed E-state index contributed by atoms with van der Waals surface area (Å²) in [5, 5.41) is 27.5. The van der Waals surface area contributed by atoms with Gasteiger partial charge in [0.25, 0.3) is 0 Å². The van der Waals surface area contributed by atoms with Crippen molar-refractivity contribution in [3.8, 4) is 11.8 Å². The fourth-order valence-corrected chi connectivity index (χ4v) is 1.36. The molecule has 5 nitrogen and oxygen atoms in total. The van der Waals surface area contributed by atoms with Gasteiger partial charge < -0.3 is 20.2 Å². The van der Waals surface area contributed by atoms with Crippen LogP contribution in [0.3, 0.4) is 0 Å². The molecular formula is C9H11NO4S. The quantitative estimate of drug-likeness (QED) is 0.411. The van der Waals surface area contributed by atoms with Crippen LogP contribution in [0.2, 0.25) is 0 Å². The van der Waals surface area contributed by atoms with Gasteiger partial charge in [0, 0.05) is 17.4 Å². The molecule has 0 aromatic carbocycles. The molecule has 82 valence electrons. The smallest absolute Gasteiger partial charge is 0.237 e. The number of aromatic nitrogens is 1. The maximum absolute atomic E-state index is 10.7. The average molecular weight is 229 g/mol. The maximum Gasteiger partial charge on any atom is 0.237 e. The first-order valence-electron chi connectivity index (χ1n) is 4.29. The molecule has 0 radical (unpaired) electrons. The molecule has 0 saturated heterocycles. The zero-order valence-electron chi connectivity index (χ0n) is 8.10. The van der Waals surface area contributed by atoms with E-state index >= 15 is 0 Å². The Kier molecular flexibility index (Phi) is 3.31. The van der Waals surface area contributed by atoms with E-state index in [2.05, 4.69) is 0 Å². The third-order valence-corrected chi connectivity index (χ3v) is 2.36. The largest absolute Gasteiger partial charge is 0.492 e. The lowest BCUT2D eigenvalue weighted by Gasteiger charge is -2.00. The van der Waals surface area contributed by atoms with Crippen LogP contribution < -0.4 is 0 Å². The van der Waals surface area contributed by atoms with Crippen LogP contribution in [0.4, 0.5) is 0 Å². The minimum Gasteiger partial charge on any atom is -0.492 e. The average Bonchev–Trinajstić information content (AvgIpc) is 2.42. The van der Waals surface area contributed by atoms with Crippen LogP contribution in [0.5, 0.6) is 11.8 Å². The van der Waals surface area contributed by atoms with Crippen molar-refractivity contribution < 1.29 is 20.2 Å². The van der Waals surface area contributed by atoms with E-state index in [4.69, 9.17) is 22.5 Å². The minimum atomic E-state index is -0.513. The molecule has 0 atom stereocenters. The van der Waals surface area contributed by atoms with E-state index in [1.807, 2.05) is 0 Å². The van der Waals surface area contributed by atoms with E-state index < -0.39 is 11.8 Å². The molecule has 0 aliphatic heterocycles. The maximum atomic E-state index is 10.7. The number of ketones is 1. The molecule has 15 heavy (non-hydrogen) atoms. The zero-order chi connectivity index (χ0) is 11.6. The molecule has 6 heteroatoms. The van der Waals surface area contributed by atoms with Gasteiger partial charge in [-0.2, -0.15) is 0 Å². The summed E-state index contributed by atoms with van der Waals surface area (Å²) >= 11 is 4.95. The Morgan fingerprint density at radius 3 is 2.47 bits per heavy atom. The Hall–Kier alpha value is -1.56. The summed E-state index contributed by atoms with van der Waals surface area (Å²) in [5.41, 5.74) is 0.172. The fraction of sp³-hybridized carbons (Fsp3) is 0.333. The van der Waals surface area contributed by atoms with Crippen molar-refractivity contribution >= 4 is 22.9 Å². The summed E-state index contributed by atoms with van der Waals surface area (Å²) in [6, 6.07) is 1.15. The Morgan fingerprint density at radius 2 is 2.07 bits per heavy atom. The van der Waals surface area contributed by atoms with Crippen LogP contribution in [0.1, 0.15) is 25.3 Å². The third-order valence-electron chi connectivity index (χ3n) is 1.94. The van der Waals surface area contributed by atoms with Gasteiger partial charge in [-0.3, -0.25) is 0 Å². The molecule has 0 aliphatic carbocycles. The Balaban J connectivity index is 2.83. The van der Waals surface area contributed by atoms with Gasteiger partial charge in [-0.05, 0) is 13.3 Å². The number of carbonyl (C=O) groups excluding carboxylic acids is 1. The molecule has 1 aromatic rings. The Morgan fingerprint density at radius 1 is 1.47 bits per heavy atom. The van der Waals surface area contributed by atoms with Crippen molar-refractivity contribution in [1.82, 2.24) is 4.73 Å². The van der Waals surface area contributed by atoms with Gasteiger partial charge >= 0.3 is 0 Å². The van der Waals surface area contributed by atoms with Crippen LogP contribution in [-0.4, -0.2) is 30.8 Å². The number of thiocarbonyl (C=S) groups is 1. The Bertz CT molecular complexity index is 410. The van der Waals surface area contributed by atoms with Crippen LogP contribution in [0.25, 0.3) is 0 Å². The molecule has 3 N–H and O–H groups in total. The van der Waals surface area contributed by atoms with Crippen LogP contribution in [0, 0.1) is 0 Å². The standard InChI is InChI=1S/C9H11NO4S/c1-5(11)2-3-7(15)6-4-8(12)10(14)9(6)13/h4,12-14H,2-3H2,1H3. The summed E-state index contributed by atoms with van der Waals surface area (Å²) in [7, 11) is 0. The predicted octanol–water partition coefficient (Wildman–Crippen LogP) is 1.22. The van der Waals surface area contributed by atoms with E-state index in [9.17, 15) is 9.90 Å². The Labute approximate surface area is 91.5 Å². The first-order chi connectivity index (χ1) is 6.93. The first-order valence-corrected chi connectivity index (χ1v) is 4.70. The highest BCUT2D eigenvalue weighted by Gasteiger charge is 2.16. The van der Waals surface area contributed by atoms with Crippen molar-refractivity contribution in [2.75, 3.05) is 0 Å². The summed E-state index contributed by atoms with van der Waals surface area (Å²) in [6.07, 6.45) is 0.581. The molecule has 1 aromatic heterocycles. The number of hydrogen-bond donors (Lipinski definition) is 3. The van der Waals surface area contributed by atoms with Crippen molar-refractivity contribution in [2.45, 2.75) is 19.8 Å². The second kappa shape index (κ2) is 4.31. The number of nitrogens with zero attached hydrogens (tertiary/aromatic N) is 1. The minimum absolute atomic E-state index is 0.00973. The van der Waals surface area contributed by atoms with Crippen molar-refractivity contribution in [3.05, 3.63) is 11.6 Å². The van der Waals surface area contributed by atoms with E-state index in [0.29, 0.717) is 11.3 Å². The lowest BCUT2D eigenvalue weighted by atomic mass is 10.1. The number of hydrogen-bond acceptors (Lipinski definition) is 5. The predicted molar refractivity (Wildman–Crippen MR) is 56.6 cm³/mol. The fourth-order valence-electron chi connectivity index (χ4n) is 1.11. The van der Waals surface area contributed by atoms with Gasteiger partial charge in [0.1, 0.15) is 5.78 Å². The second-order valence-corrected chi connectivity index (χ2v) is 3.67.